The third kappa shape index (κ3) is 8.22. The maximum absolute atomic E-state index is 11.4. The van der Waals surface area contributed by atoms with Crippen molar-refractivity contribution < 1.29 is 9.53 Å². The third-order valence-electron chi connectivity index (χ3n) is 2.32. The van der Waals surface area contributed by atoms with Gasteiger partial charge in [-0.25, -0.2) is 0 Å². The highest BCUT2D eigenvalue weighted by Crippen LogP contribution is 2.17. The Labute approximate surface area is 132 Å². The van der Waals surface area contributed by atoms with Crippen molar-refractivity contribution in [1.29, 1.82) is 0 Å². The van der Waals surface area contributed by atoms with Crippen LogP contribution in [0.2, 0.25) is 0 Å². The van der Waals surface area contributed by atoms with E-state index >= 15 is 0 Å². The first-order valence-corrected chi connectivity index (χ1v) is 5.93. The van der Waals surface area contributed by atoms with Gasteiger partial charge in [0.1, 0.15) is 12.4 Å². The highest BCUT2D eigenvalue weighted by molar-refractivity contribution is 5.94. The van der Waals surface area contributed by atoms with Crippen LogP contribution in [-0.4, -0.2) is 44.1 Å². The zero-order chi connectivity index (χ0) is 13.5. The molecule has 116 valence electrons. The summed E-state index contributed by atoms with van der Waals surface area (Å²) in [6.07, 6.45) is 0. The van der Waals surface area contributed by atoms with Gasteiger partial charge in [-0.15, -0.1) is 24.8 Å². The number of ether oxygens (including phenoxy) is 1. The predicted octanol–water partition coefficient (Wildman–Crippen LogP) is 1.76. The summed E-state index contributed by atoms with van der Waals surface area (Å²) in [5.41, 5.74) is 6.18. The summed E-state index contributed by atoms with van der Waals surface area (Å²) in [6.45, 7) is 3.10. The molecule has 0 aliphatic carbocycles. The molecule has 0 aromatic heterocycles. The molecule has 3 N–H and O–H groups in total. The molecule has 5 nitrogen and oxygen atoms in total. The second-order valence-corrected chi connectivity index (χ2v) is 4.46. The van der Waals surface area contributed by atoms with E-state index < -0.39 is 6.04 Å². The van der Waals surface area contributed by atoms with Gasteiger partial charge in [0.05, 0.1) is 6.04 Å². The van der Waals surface area contributed by atoms with E-state index in [1.165, 1.54) is 0 Å². The third-order valence-corrected chi connectivity index (χ3v) is 2.32. The number of amides is 1. The number of benzene rings is 1. The van der Waals surface area contributed by atoms with Gasteiger partial charge < -0.3 is 20.7 Å². The van der Waals surface area contributed by atoms with Crippen LogP contribution in [0.15, 0.2) is 24.3 Å². The molecular formula is C13H23Cl2N3O2. The zero-order valence-corrected chi connectivity index (χ0v) is 13.6. The summed E-state index contributed by atoms with van der Waals surface area (Å²) in [5, 5.41) is 2.73. The van der Waals surface area contributed by atoms with E-state index in [0.717, 1.165) is 12.3 Å². The summed E-state index contributed by atoms with van der Waals surface area (Å²) in [7, 11) is 3.98. The van der Waals surface area contributed by atoms with Crippen molar-refractivity contribution in [1.82, 2.24) is 4.90 Å². The number of halogens is 2. The normalized spacial score (nSPS) is 11.1. The van der Waals surface area contributed by atoms with Gasteiger partial charge in [0, 0.05) is 18.3 Å². The first kappa shape index (κ1) is 21.3. The number of anilines is 1. The van der Waals surface area contributed by atoms with Crippen molar-refractivity contribution >= 4 is 36.4 Å². The van der Waals surface area contributed by atoms with E-state index in [-0.39, 0.29) is 30.7 Å². The van der Waals surface area contributed by atoms with E-state index in [4.69, 9.17) is 10.5 Å². The largest absolute Gasteiger partial charge is 0.492 e. The van der Waals surface area contributed by atoms with E-state index in [1.54, 1.807) is 19.1 Å². The Morgan fingerprint density at radius 2 is 2.05 bits per heavy atom. The first-order valence-electron chi connectivity index (χ1n) is 5.93. The number of nitrogens with one attached hydrogen (secondary N) is 1. The monoisotopic (exact) mass is 323 g/mol. The molecular weight excluding hydrogens is 301 g/mol. The molecule has 0 radical (unpaired) electrons. The summed E-state index contributed by atoms with van der Waals surface area (Å²) in [5.74, 6) is 0.528. The van der Waals surface area contributed by atoms with Gasteiger partial charge >= 0.3 is 0 Å². The fourth-order valence-corrected chi connectivity index (χ4v) is 1.27. The summed E-state index contributed by atoms with van der Waals surface area (Å²) in [6, 6.07) is 6.76. The Kier molecular flexibility index (Phi) is 11.4. The second-order valence-electron chi connectivity index (χ2n) is 4.46. The average molecular weight is 324 g/mol. The SMILES string of the molecule is C[C@@H](N)C(=O)Nc1cccc(OCCN(C)C)c1.Cl.Cl. The smallest absolute Gasteiger partial charge is 0.241 e. The Hall–Kier alpha value is -1.01. The number of nitrogens with two attached hydrogens (primary N) is 1. The van der Waals surface area contributed by atoms with Crippen molar-refractivity contribution in [2.75, 3.05) is 32.6 Å². The van der Waals surface area contributed by atoms with Crippen LogP contribution >= 0.6 is 24.8 Å². The molecule has 1 atom stereocenters. The van der Waals surface area contributed by atoms with E-state index in [1.807, 2.05) is 31.1 Å². The standard InChI is InChI=1S/C13H21N3O2.2ClH/c1-10(14)13(17)15-11-5-4-6-12(9-11)18-8-7-16(2)3;;/h4-6,9-10H,7-8,14H2,1-3H3,(H,15,17);2*1H/t10-;;/m1../s1. The van der Waals surface area contributed by atoms with Crippen molar-refractivity contribution in [2.24, 2.45) is 5.73 Å². The summed E-state index contributed by atoms with van der Waals surface area (Å²) >= 11 is 0. The van der Waals surface area contributed by atoms with Crippen LogP contribution in [0.1, 0.15) is 6.92 Å². The molecule has 0 spiro atoms. The number of hydrogen-bond acceptors (Lipinski definition) is 4. The maximum atomic E-state index is 11.4. The van der Waals surface area contributed by atoms with Crippen LogP contribution in [0.3, 0.4) is 0 Å². The van der Waals surface area contributed by atoms with Gasteiger partial charge in [-0.05, 0) is 33.2 Å². The number of hydrogen-bond donors (Lipinski definition) is 2. The van der Waals surface area contributed by atoms with Gasteiger partial charge in [0.25, 0.3) is 0 Å². The number of carbonyl (C=O) groups excluding carboxylic acids is 1. The highest BCUT2D eigenvalue weighted by Gasteiger charge is 2.07. The molecule has 7 heteroatoms. The molecule has 0 bridgehead atoms. The maximum Gasteiger partial charge on any atom is 0.241 e. The fourth-order valence-electron chi connectivity index (χ4n) is 1.27. The lowest BCUT2D eigenvalue weighted by Crippen LogP contribution is -2.32. The quantitative estimate of drug-likeness (QED) is 0.837. The van der Waals surface area contributed by atoms with Gasteiger partial charge in [0.15, 0.2) is 0 Å². The fraction of sp³-hybridized carbons (Fsp3) is 0.462. The van der Waals surface area contributed by atoms with E-state index in [2.05, 4.69) is 5.32 Å². The molecule has 0 saturated heterocycles. The molecule has 0 unspecified atom stereocenters. The van der Waals surface area contributed by atoms with Crippen LogP contribution < -0.4 is 15.8 Å². The lowest BCUT2D eigenvalue weighted by Gasteiger charge is -2.12. The van der Waals surface area contributed by atoms with Gasteiger partial charge in [0.2, 0.25) is 5.91 Å². The van der Waals surface area contributed by atoms with E-state index in [0.29, 0.717) is 12.3 Å². The number of nitrogens with zero attached hydrogens (tertiary/aromatic N) is 1. The average Bonchev–Trinajstić information content (AvgIpc) is 2.28. The number of carbonyl (C=O) groups is 1. The van der Waals surface area contributed by atoms with Gasteiger partial charge in [-0.3, -0.25) is 4.79 Å². The minimum Gasteiger partial charge on any atom is -0.492 e. The molecule has 0 aliphatic heterocycles. The lowest BCUT2D eigenvalue weighted by atomic mass is 10.2. The molecule has 20 heavy (non-hydrogen) atoms. The van der Waals surface area contributed by atoms with E-state index in [9.17, 15) is 4.79 Å². The number of rotatable bonds is 6. The first-order chi connectivity index (χ1) is 8.49. The Morgan fingerprint density at radius 3 is 2.60 bits per heavy atom. The molecule has 0 heterocycles. The molecule has 1 amide bonds. The number of likely N-dealkylation sites (N-methyl/N-ethyl adjacent to an activating group) is 1. The molecule has 1 aromatic carbocycles. The molecule has 0 saturated carbocycles. The molecule has 1 aromatic rings. The van der Waals surface area contributed by atoms with Crippen LogP contribution in [0, 0.1) is 0 Å². The van der Waals surface area contributed by atoms with Gasteiger partial charge in [-0.2, -0.15) is 0 Å². The van der Waals surface area contributed by atoms with Crippen LogP contribution in [0.25, 0.3) is 0 Å². The Morgan fingerprint density at radius 1 is 1.40 bits per heavy atom. The summed E-state index contributed by atoms with van der Waals surface area (Å²) in [4.78, 5) is 13.5. The molecule has 0 aliphatic rings. The minimum absolute atomic E-state index is 0. The van der Waals surface area contributed by atoms with Crippen molar-refractivity contribution in [3.8, 4) is 5.75 Å². The highest BCUT2D eigenvalue weighted by atomic mass is 35.5. The minimum atomic E-state index is -0.525. The van der Waals surface area contributed by atoms with Crippen molar-refractivity contribution in [2.45, 2.75) is 13.0 Å². The van der Waals surface area contributed by atoms with Crippen LogP contribution in [-0.2, 0) is 4.79 Å². The van der Waals surface area contributed by atoms with Crippen molar-refractivity contribution in [3.05, 3.63) is 24.3 Å². The lowest BCUT2D eigenvalue weighted by molar-refractivity contribution is -0.117. The van der Waals surface area contributed by atoms with Crippen LogP contribution in [0.4, 0.5) is 5.69 Å². The topological polar surface area (TPSA) is 67.6 Å². The Bertz CT molecular complexity index is 401. The van der Waals surface area contributed by atoms with Crippen LogP contribution in [0.5, 0.6) is 5.75 Å². The molecule has 0 fully saturated rings. The van der Waals surface area contributed by atoms with Gasteiger partial charge in [-0.1, -0.05) is 6.07 Å². The molecule has 1 rings (SSSR count). The predicted molar refractivity (Wildman–Crippen MR) is 87.3 cm³/mol. The Balaban J connectivity index is 0. The second kappa shape index (κ2) is 10.7. The van der Waals surface area contributed by atoms with Crippen molar-refractivity contribution in [3.63, 3.8) is 0 Å². The zero-order valence-electron chi connectivity index (χ0n) is 12.0. The summed E-state index contributed by atoms with van der Waals surface area (Å²) < 4.78 is 5.58.